The summed E-state index contributed by atoms with van der Waals surface area (Å²) in [5, 5.41) is 9.49. The van der Waals surface area contributed by atoms with Crippen molar-refractivity contribution >= 4 is 44.9 Å². The molecule has 7 rings (SSSR count). The van der Waals surface area contributed by atoms with Crippen molar-refractivity contribution in [2.24, 2.45) is 0 Å². The van der Waals surface area contributed by atoms with E-state index in [9.17, 15) is 14.4 Å². The molecule has 0 bridgehead atoms. The molecule has 2 aromatic heterocycles. The summed E-state index contributed by atoms with van der Waals surface area (Å²) in [6.45, 7) is 4.04. The number of fused-ring (bicyclic) bond motifs is 5. The normalized spacial score (nSPS) is 18.1. The lowest BCUT2D eigenvalue weighted by atomic mass is 9.84. The lowest BCUT2D eigenvalue weighted by molar-refractivity contribution is -0.121. The van der Waals surface area contributed by atoms with Crippen LogP contribution in [0.5, 0.6) is 0 Å². The zero-order valence-corrected chi connectivity index (χ0v) is 21.3. The second kappa shape index (κ2) is 7.93. The van der Waals surface area contributed by atoms with Gasteiger partial charge in [-0.2, -0.15) is 0 Å². The highest BCUT2D eigenvalue weighted by molar-refractivity contribution is 7.15. The van der Waals surface area contributed by atoms with Gasteiger partial charge in [0.15, 0.2) is 11.0 Å². The molecule has 2 aliphatic heterocycles. The number of hydrogen-bond acceptors (Lipinski definition) is 7. The first-order chi connectivity index (χ1) is 18.4. The Balaban J connectivity index is 1.55. The molecule has 9 heteroatoms. The van der Waals surface area contributed by atoms with E-state index in [2.05, 4.69) is 10.2 Å². The fraction of sp³-hybridized carbons (Fsp3) is 0.138. The van der Waals surface area contributed by atoms with Crippen LogP contribution >= 0.6 is 11.3 Å². The van der Waals surface area contributed by atoms with Crippen LogP contribution in [-0.2, 0) is 16.9 Å². The van der Waals surface area contributed by atoms with Crippen molar-refractivity contribution in [3.8, 4) is 0 Å². The highest BCUT2D eigenvalue weighted by Gasteiger charge is 2.66. The summed E-state index contributed by atoms with van der Waals surface area (Å²) in [5.41, 5.74) is 1.28. The van der Waals surface area contributed by atoms with Gasteiger partial charge in [-0.1, -0.05) is 71.5 Å². The molecule has 0 N–H and O–H groups in total. The summed E-state index contributed by atoms with van der Waals surface area (Å²) in [4.78, 5) is 45.9. The molecule has 2 amide bonds. The van der Waals surface area contributed by atoms with E-state index in [1.54, 1.807) is 48.2 Å². The average molecular weight is 521 g/mol. The summed E-state index contributed by atoms with van der Waals surface area (Å²) >= 11 is 1.18. The van der Waals surface area contributed by atoms with Crippen molar-refractivity contribution in [2.75, 3.05) is 9.80 Å². The highest BCUT2D eigenvalue weighted by atomic mass is 32.1. The first kappa shape index (κ1) is 22.6. The first-order valence-electron chi connectivity index (χ1n) is 12.1. The minimum atomic E-state index is -1.77. The second-order valence-corrected chi connectivity index (χ2v) is 10.6. The number of anilines is 2. The van der Waals surface area contributed by atoms with Gasteiger partial charge in [0, 0.05) is 5.56 Å². The van der Waals surface area contributed by atoms with E-state index >= 15 is 0 Å². The SMILES string of the molecule is Cc1ccc(CN2C(=O)C3(c4ccccc42)c2c(oc4ccccc4c2=O)C(=O)N3c2nnc(C)s2)cc1. The van der Waals surface area contributed by atoms with Gasteiger partial charge in [-0.3, -0.25) is 19.3 Å². The molecule has 0 radical (unpaired) electrons. The van der Waals surface area contributed by atoms with Gasteiger partial charge >= 0.3 is 0 Å². The summed E-state index contributed by atoms with van der Waals surface area (Å²) in [6, 6.07) is 21.9. The molecular weight excluding hydrogens is 500 g/mol. The van der Waals surface area contributed by atoms with Crippen LogP contribution < -0.4 is 15.2 Å². The van der Waals surface area contributed by atoms with Crippen molar-refractivity contribution in [3.63, 3.8) is 0 Å². The quantitative estimate of drug-likeness (QED) is 0.342. The highest BCUT2D eigenvalue weighted by Crippen LogP contribution is 2.54. The van der Waals surface area contributed by atoms with Crippen molar-refractivity contribution in [3.05, 3.63) is 116 Å². The number of hydrogen-bond donors (Lipinski definition) is 0. The molecule has 3 aromatic carbocycles. The topological polar surface area (TPSA) is 96.6 Å². The zero-order valence-electron chi connectivity index (χ0n) is 20.5. The van der Waals surface area contributed by atoms with Crippen LogP contribution in [0, 0.1) is 13.8 Å². The summed E-state index contributed by atoms with van der Waals surface area (Å²) < 4.78 is 6.07. The number of para-hydroxylation sites is 2. The maximum absolute atomic E-state index is 14.8. The fourth-order valence-corrected chi connectivity index (χ4v) is 6.26. The van der Waals surface area contributed by atoms with Gasteiger partial charge in [0.05, 0.1) is 23.2 Å². The van der Waals surface area contributed by atoms with Crippen LogP contribution in [-0.4, -0.2) is 22.0 Å². The van der Waals surface area contributed by atoms with E-state index in [0.29, 0.717) is 21.6 Å². The Morgan fingerprint density at radius 3 is 2.39 bits per heavy atom. The predicted molar refractivity (Wildman–Crippen MR) is 144 cm³/mol. The van der Waals surface area contributed by atoms with E-state index in [1.165, 1.54) is 16.2 Å². The third-order valence-electron chi connectivity index (χ3n) is 7.20. The Morgan fingerprint density at radius 2 is 1.63 bits per heavy atom. The molecule has 186 valence electrons. The lowest BCUT2D eigenvalue weighted by Crippen LogP contribution is -2.53. The molecular formula is C29H20N4O4S. The van der Waals surface area contributed by atoms with E-state index in [-0.39, 0.29) is 28.6 Å². The molecule has 2 aliphatic rings. The number of benzene rings is 3. The van der Waals surface area contributed by atoms with Gasteiger partial charge in [0.1, 0.15) is 10.6 Å². The minimum absolute atomic E-state index is 0.0120. The smallest absolute Gasteiger partial charge is 0.297 e. The van der Waals surface area contributed by atoms with Gasteiger partial charge in [0.2, 0.25) is 10.9 Å². The maximum atomic E-state index is 14.8. The molecule has 0 aliphatic carbocycles. The van der Waals surface area contributed by atoms with Gasteiger partial charge in [-0.05, 0) is 37.6 Å². The molecule has 1 atom stereocenters. The number of carbonyl (C=O) groups excluding carboxylic acids is 2. The third kappa shape index (κ3) is 2.87. The van der Waals surface area contributed by atoms with Crippen LogP contribution in [0.15, 0.2) is 82.0 Å². The summed E-state index contributed by atoms with van der Waals surface area (Å²) in [6.07, 6.45) is 0. The van der Waals surface area contributed by atoms with Gasteiger partial charge < -0.3 is 9.32 Å². The standard InChI is InChI=1S/C29H20N4O4S/c1-16-11-13-18(14-12-16)15-32-21-9-5-4-8-20(21)29(27(32)36)23-24(34)19-7-3-6-10-22(19)37-25(23)26(35)33(29)28-31-30-17(2)38-28/h3-14H,15H2,1-2H3. The molecule has 8 nitrogen and oxygen atoms in total. The van der Waals surface area contributed by atoms with E-state index < -0.39 is 22.8 Å². The number of nitrogens with zero attached hydrogens (tertiary/aromatic N) is 4. The van der Waals surface area contributed by atoms with E-state index in [4.69, 9.17) is 4.42 Å². The molecule has 0 saturated carbocycles. The monoisotopic (exact) mass is 520 g/mol. The molecule has 0 fully saturated rings. The molecule has 5 aromatic rings. The van der Waals surface area contributed by atoms with Gasteiger partial charge in [0.25, 0.3) is 11.8 Å². The van der Waals surface area contributed by atoms with Crippen LogP contribution in [0.4, 0.5) is 10.8 Å². The summed E-state index contributed by atoms with van der Waals surface area (Å²) in [5.74, 6) is -1.16. The van der Waals surface area contributed by atoms with Crippen LogP contribution in [0.2, 0.25) is 0 Å². The Bertz CT molecular complexity index is 1860. The first-order valence-corrected chi connectivity index (χ1v) is 12.9. The van der Waals surface area contributed by atoms with Crippen LogP contribution in [0.3, 0.4) is 0 Å². The van der Waals surface area contributed by atoms with Crippen molar-refractivity contribution in [1.82, 2.24) is 10.2 Å². The third-order valence-corrected chi connectivity index (χ3v) is 8.02. The predicted octanol–water partition coefficient (Wildman–Crippen LogP) is 4.71. The fourth-order valence-electron chi connectivity index (χ4n) is 5.52. The Morgan fingerprint density at radius 1 is 0.895 bits per heavy atom. The van der Waals surface area contributed by atoms with E-state index in [1.807, 2.05) is 43.3 Å². The number of aromatic nitrogens is 2. The Kier molecular flexibility index (Phi) is 4.71. The van der Waals surface area contributed by atoms with Gasteiger partial charge in [-0.25, -0.2) is 0 Å². The zero-order chi connectivity index (χ0) is 26.2. The second-order valence-electron chi connectivity index (χ2n) is 9.48. The molecule has 1 spiro atoms. The number of amides is 2. The number of aryl methyl sites for hydroxylation is 2. The molecule has 0 saturated heterocycles. The van der Waals surface area contributed by atoms with E-state index in [0.717, 1.165) is 11.1 Å². The minimum Gasteiger partial charge on any atom is -0.450 e. The van der Waals surface area contributed by atoms with Crippen molar-refractivity contribution < 1.29 is 14.0 Å². The summed E-state index contributed by atoms with van der Waals surface area (Å²) in [7, 11) is 0. The van der Waals surface area contributed by atoms with Gasteiger partial charge in [-0.15, -0.1) is 10.2 Å². The number of carbonyl (C=O) groups is 2. The maximum Gasteiger partial charge on any atom is 0.297 e. The van der Waals surface area contributed by atoms with Crippen molar-refractivity contribution in [2.45, 2.75) is 25.9 Å². The lowest BCUT2D eigenvalue weighted by Gasteiger charge is -2.32. The molecule has 38 heavy (non-hydrogen) atoms. The Labute approximate surface area is 220 Å². The van der Waals surface area contributed by atoms with Crippen molar-refractivity contribution in [1.29, 1.82) is 0 Å². The Hall–Kier alpha value is -4.63. The number of rotatable bonds is 3. The van der Waals surface area contributed by atoms with Crippen LogP contribution in [0.25, 0.3) is 11.0 Å². The molecule has 4 heterocycles. The van der Waals surface area contributed by atoms with Crippen LogP contribution in [0.1, 0.15) is 37.8 Å². The largest absolute Gasteiger partial charge is 0.450 e. The average Bonchev–Trinajstić information content (AvgIpc) is 3.54. The molecule has 1 unspecified atom stereocenters.